The van der Waals surface area contributed by atoms with Gasteiger partial charge in [-0.2, -0.15) is 0 Å². The first kappa shape index (κ1) is 8.75. The zero-order chi connectivity index (χ0) is 9.42. The molecule has 2 rings (SSSR count). The van der Waals surface area contributed by atoms with Crippen LogP contribution in [0.4, 0.5) is 0 Å². The van der Waals surface area contributed by atoms with Crippen molar-refractivity contribution in [2.24, 2.45) is 11.7 Å². The molecule has 1 aromatic carbocycles. The molecule has 13 heavy (non-hydrogen) atoms. The maximum atomic E-state index is 11.0. The second-order valence-electron chi connectivity index (χ2n) is 3.42. The molecule has 2 N–H and O–H groups in total. The third-order valence-electron chi connectivity index (χ3n) is 2.50. The number of rotatable bonds is 1. The van der Waals surface area contributed by atoms with Crippen molar-refractivity contribution in [1.82, 2.24) is 0 Å². The fraction of sp³-hybridized carbons (Fsp3) is 0.300. The lowest BCUT2D eigenvalue weighted by Gasteiger charge is -2.00. The molecule has 68 valence electrons. The Balaban J connectivity index is 2.30. The minimum atomic E-state index is -0.188. The zero-order valence-corrected chi connectivity index (χ0v) is 8.67. The first-order valence-corrected chi connectivity index (χ1v) is 5.03. The van der Waals surface area contributed by atoms with Crippen LogP contribution in [0.3, 0.4) is 0 Å². The number of nitrogens with two attached hydrogens (primary N) is 1. The van der Waals surface area contributed by atoms with Crippen molar-refractivity contribution in [3.8, 4) is 0 Å². The average Bonchev–Trinajstić information content (AvgIpc) is 2.46. The van der Waals surface area contributed by atoms with Crippen molar-refractivity contribution in [3.63, 3.8) is 0 Å². The molecule has 1 atom stereocenters. The first-order chi connectivity index (χ1) is 6.16. The van der Waals surface area contributed by atoms with Gasteiger partial charge in [-0.1, -0.05) is 22.0 Å². The fourth-order valence-electron chi connectivity index (χ4n) is 1.79. The first-order valence-electron chi connectivity index (χ1n) is 4.23. The van der Waals surface area contributed by atoms with E-state index in [2.05, 4.69) is 28.1 Å². The maximum absolute atomic E-state index is 11.0. The molecule has 0 spiro atoms. The Kier molecular flexibility index (Phi) is 2.12. The molecular formula is C10H10BrNO. The molecule has 0 heterocycles. The molecule has 0 saturated carbocycles. The van der Waals surface area contributed by atoms with Crippen LogP contribution in [0.15, 0.2) is 22.7 Å². The van der Waals surface area contributed by atoms with E-state index in [0.29, 0.717) is 0 Å². The largest absolute Gasteiger partial charge is 0.369 e. The number of hydrogen-bond acceptors (Lipinski definition) is 1. The molecule has 0 aromatic heterocycles. The summed E-state index contributed by atoms with van der Waals surface area (Å²) in [5, 5.41) is 0. The number of amides is 1. The summed E-state index contributed by atoms with van der Waals surface area (Å²) in [5.41, 5.74) is 7.77. The smallest absolute Gasteiger partial charge is 0.221 e. The Bertz CT molecular complexity index is 362. The monoisotopic (exact) mass is 239 g/mol. The van der Waals surface area contributed by atoms with Crippen LogP contribution < -0.4 is 5.73 Å². The molecule has 0 aliphatic heterocycles. The van der Waals surface area contributed by atoms with E-state index in [1.165, 1.54) is 11.1 Å². The minimum absolute atomic E-state index is 0.00398. The SMILES string of the molecule is NC(=O)C1Cc2ccc(Br)cc2C1. The third kappa shape index (κ3) is 1.61. The van der Waals surface area contributed by atoms with E-state index in [4.69, 9.17) is 5.73 Å². The summed E-state index contributed by atoms with van der Waals surface area (Å²) in [5.74, 6) is -0.184. The maximum Gasteiger partial charge on any atom is 0.221 e. The van der Waals surface area contributed by atoms with Gasteiger partial charge < -0.3 is 5.73 Å². The summed E-state index contributed by atoms with van der Waals surface area (Å²) in [4.78, 5) is 11.0. The van der Waals surface area contributed by atoms with E-state index >= 15 is 0 Å². The Morgan fingerprint density at radius 3 is 2.77 bits per heavy atom. The van der Waals surface area contributed by atoms with Gasteiger partial charge in [-0.25, -0.2) is 0 Å². The highest BCUT2D eigenvalue weighted by Crippen LogP contribution is 2.28. The van der Waals surface area contributed by atoms with Gasteiger partial charge in [0, 0.05) is 10.4 Å². The molecule has 2 nitrogen and oxygen atoms in total. The molecule has 0 radical (unpaired) electrons. The predicted octanol–water partition coefficient (Wildman–Crippen LogP) is 1.65. The molecule has 0 saturated heterocycles. The van der Waals surface area contributed by atoms with Crippen LogP contribution in [-0.4, -0.2) is 5.91 Å². The van der Waals surface area contributed by atoms with Crippen molar-refractivity contribution in [2.75, 3.05) is 0 Å². The standard InChI is InChI=1S/C10H10BrNO/c11-9-2-1-6-3-8(10(12)13)4-7(6)5-9/h1-2,5,8H,3-4H2,(H2,12,13). The average molecular weight is 240 g/mol. The molecule has 1 aliphatic rings. The highest BCUT2D eigenvalue weighted by molar-refractivity contribution is 9.10. The normalized spacial score (nSPS) is 19.9. The molecular weight excluding hydrogens is 230 g/mol. The summed E-state index contributed by atoms with van der Waals surface area (Å²) in [6.07, 6.45) is 1.60. The van der Waals surface area contributed by atoms with E-state index in [1.54, 1.807) is 0 Å². The van der Waals surface area contributed by atoms with E-state index < -0.39 is 0 Å². The topological polar surface area (TPSA) is 43.1 Å². The lowest BCUT2D eigenvalue weighted by Crippen LogP contribution is -2.23. The molecule has 0 fully saturated rings. The van der Waals surface area contributed by atoms with Crippen LogP contribution in [0.5, 0.6) is 0 Å². The van der Waals surface area contributed by atoms with Crippen molar-refractivity contribution >= 4 is 21.8 Å². The van der Waals surface area contributed by atoms with Gasteiger partial charge in [-0.05, 0) is 36.1 Å². The van der Waals surface area contributed by atoms with Crippen LogP contribution in [0.25, 0.3) is 0 Å². The number of benzene rings is 1. The van der Waals surface area contributed by atoms with Crippen molar-refractivity contribution in [3.05, 3.63) is 33.8 Å². The summed E-state index contributed by atoms with van der Waals surface area (Å²) >= 11 is 3.41. The number of carbonyl (C=O) groups excluding carboxylic acids is 1. The number of carbonyl (C=O) groups is 1. The number of halogens is 1. The van der Waals surface area contributed by atoms with Gasteiger partial charge in [0.1, 0.15) is 0 Å². The van der Waals surface area contributed by atoms with E-state index in [9.17, 15) is 4.79 Å². The number of hydrogen-bond donors (Lipinski definition) is 1. The number of primary amides is 1. The highest BCUT2D eigenvalue weighted by atomic mass is 79.9. The lowest BCUT2D eigenvalue weighted by atomic mass is 10.1. The van der Waals surface area contributed by atoms with Gasteiger partial charge in [0.25, 0.3) is 0 Å². The molecule has 1 aliphatic carbocycles. The second-order valence-corrected chi connectivity index (χ2v) is 4.34. The quantitative estimate of drug-likeness (QED) is 0.796. The number of fused-ring (bicyclic) bond motifs is 1. The van der Waals surface area contributed by atoms with Gasteiger partial charge in [-0.15, -0.1) is 0 Å². The van der Waals surface area contributed by atoms with Crippen LogP contribution >= 0.6 is 15.9 Å². The summed E-state index contributed by atoms with van der Waals surface area (Å²) in [7, 11) is 0. The van der Waals surface area contributed by atoms with Gasteiger partial charge in [0.15, 0.2) is 0 Å². The zero-order valence-electron chi connectivity index (χ0n) is 7.09. The van der Waals surface area contributed by atoms with Crippen LogP contribution in [0.2, 0.25) is 0 Å². The van der Waals surface area contributed by atoms with Crippen LogP contribution in [0, 0.1) is 5.92 Å². The van der Waals surface area contributed by atoms with Gasteiger partial charge in [0.2, 0.25) is 5.91 Å². The summed E-state index contributed by atoms with van der Waals surface area (Å²) < 4.78 is 1.07. The van der Waals surface area contributed by atoms with Crippen LogP contribution in [0.1, 0.15) is 11.1 Å². The molecule has 3 heteroatoms. The molecule has 1 aromatic rings. The lowest BCUT2D eigenvalue weighted by molar-refractivity contribution is -0.121. The van der Waals surface area contributed by atoms with Gasteiger partial charge in [0.05, 0.1) is 0 Å². The Morgan fingerprint density at radius 2 is 2.08 bits per heavy atom. The molecule has 1 amide bonds. The summed E-state index contributed by atoms with van der Waals surface area (Å²) in [6.45, 7) is 0. The predicted molar refractivity (Wildman–Crippen MR) is 54.2 cm³/mol. The van der Waals surface area contributed by atoms with Gasteiger partial charge in [-0.3, -0.25) is 4.79 Å². The highest BCUT2D eigenvalue weighted by Gasteiger charge is 2.25. The van der Waals surface area contributed by atoms with Crippen molar-refractivity contribution in [2.45, 2.75) is 12.8 Å². The second kappa shape index (κ2) is 3.14. The van der Waals surface area contributed by atoms with Crippen LogP contribution in [-0.2, 0) is 17.6 Å². The van der Waals surface area contributed by atoms with E-state index in [-0.39, 0.29) is 11.8 Å². The Morgan fingerprint density at radius 1 is 1.38 bits per heavy atom. The molecule has 0 bridgehead atoms. The Hall–Kier alpha value is -0.830. The van der Waals surface area contributed by atoms with Crippen molar-refractivity contribution in [1.29, 1.82) is 0 Å². The third-order valence-corrected chi connectivity index (χ3v) is 3.00. The minimum Gasteiger partial charge on any atom is -0.369 e. The fourth-order valence-corrected chi connectivity index (χ4v) is 2.20. The van der Waals surface area contributed by atoms with E-state index in [0.717, 1.165) is 17.3 Å². The van der Waals surface area contributed by atoms with Crippen molar-refractivity contribution < 1.29 is 4.79 Å². The summed E-state index contributed by atoms with van der Waals surface area (Å²) in [6, 6.07) is 6.13. The molecule has 1 unspecified atom stereocenters. The Labute approximate surface area is 85.3 Å². The van der Waals surface area contributed by atoms with Gasteiger partial charge >= 0.3 is 0 Å². The van der Waals surface area contributed by atoms with E-state index in [1.807, 2.05) is 6.07 Å².